The zero-order valence-corrected chi connectivity index (χ0v) is 15.8. The van der Waals surface area contributed by atoms with Gasteiger partial charge in [0.1, 0.15) is 5.60 Å². The van der Waals surface area contributed by atoms with Crippen LogP contribution in [0.5, 0.6) is 0 Å². The van der Waals surface area contributed by atoms with E-state index in [0.717, 1.165) is 24.7 Å². The maximum Gasteiger partial charge on any atom is 0.418 e. The van der Waals surface area contributed by atoms with Crippen LogP contribution in [0.3, 0.4) is 0 Å². The Balaban J connectivity index is 1.47. The van der Waals surface area contributed by atoms with E-state index in [4.69, 9.17) is 0 Å². The molecule has 2 fully saturated rings. The number of aliphatic hydroxyl groups excluding tert-OH is 1. The minimum absolute atomic E-state index is 0.316. The highest BCUT2D eigenvalue weighted by Gasteiger charge is 2.51. The van der Waals surface area contributed by atoms with E-state index in [2.05, 4.69) is 16.9 Å². The first kappa shape index (κ1) is 19.4. The van der Waals surface area contributed by atoms with Gasteiger partial charge in [0.05, 0.1) is 17.7 Å². The van der Waals surface area contributed by atoms with Crippen molar-refractivity contribution in [2.45, 2.75) is 56.4 Å². The third-order valence-corrected chi connectivity index (χ3v) is 6.59. The summed E-state index contributed by atoms with van der Waals surface area (Å²) in [5.74, 6) is 1.08. The Morgan fingerprint density at radius 3 is 2.29 bits per heavy atom. The van der Waals surface area contributed by atoms with Gasteiger partial charge in [-0.2, -0.15) is 13.2 Å². The Bertz CT molecular complexity index is 849. The lowest BCUT2D eigenvalue weighted by Crippen LogP contribution is -2.25. The molecule has 0 aromatic carbocycles. The summed E-state index contributed by atoms with van der Waals surface area (Å²) >= 11 is 0. The number of halogens is 3. The van der Waals surface area contributed by atoms with Gasteiger partial charge in [0.2, 0.25) is 0 Å². The van der Waals surface area contributed by atoms with Gasteiger partial charge in [-0.05, 0) is 50.5 Å². The largest absolute Gasteiger partial charge is 0.418 e. The molecule has 2 N–H and O–H groups in total. The first-order valence-electron chi connectivity index (χ1n) is 9.50. The van der Waals surface area contributed by atoms with Crippen molar-refractivity contribution in [3.05, 3.63) is 47.3 Å². The van der Waals surface area contributed by atoms with E-state index in [-0.39, 0.29) is 5.56 Å². The Kier molecular flexibility index (Phi) is 4.54. The van der Waals surface area contributed by atoms with Crippen molar-refractivity contribution in [2.75, 3.05) is 0 Å². The molecule has 152 valence electrons. The molecule has 0 bridgehead atoms. The van der Waals surface area contributed by atoms with E-state index in [1.54, 1.807) is 0 Å². The zero-order chi connectivity index (χ0) is 20.3. The third-order valence-electron chi connectivity index (χ3n) is 6.59. The van der Waals surface area contributed by atoms with Gasteiger partial charge in [0.15, 0.2) is 6.10 Å². The lowest BCUT2D eigenvalue weighted by molar-refractivity contribution is -0.206. The third kappa shape index (κ3) is 3.22. The van der Waals surface area contributed by atoms with Gasteiger partial charge in [0.25, 0.3) is 0 Å². The molecule has 28 heavy (non-hydrogen) atoms. The summed E-state index contributed by atoms with van der Waals surface area (Å²) in [6.07, 6.45) is -1.44. The average Bonchev–Trinajstić information content (AvgIpc) is 3.26. The van der Waals surface area contributed by atoms with E-state index in [9.17, 15) is 23.4 Å². The van der Waals surface area contributed by atoms with Gasteiger partial charge in [-0.25, -0.2) is 4.98 Å². The molecule has 8 heteroatoms. The number of pyridine rings is 1. The molecule has 2 aromatic rings. The fourth-order valence-electron chi connectivity index (χ4n) is 5.04. The summed E-state index contributed by atoms with van der Waals surface area (Å²) < 4.78 is 39.9. The topological polar surface area (TPSA) is 71.2 Å². The molecule has 2 aliphatic carbocycles. The number of fused-ring (bicyclic) bond motifs is 1. The molecular weight excluding hydrogens is 371 g/mol. The van der Waals surface area contributed by atoms with Crippen LogP contribution in [0, 0.1) is 18.8 Å². The van der Waals surface area contributed by atoms with Crippen LogP contribution in [0.2, 0.25) is 0 Å². The lowest BCUT2D eigenvalue weighted by Gasteiger charge is -2.25. The van der Waals surface area contributed by atoms with Crippen LogP contribution in [0.25, 0.3) is 0 Å². The SMILES string of the molecule is Cc1c(C2CC3CC(O)(c4ccc(C(O)C(F)(F)F)cn4)CC3C2)ncn1C. The molecule has 3 unspecified atom stereocenters. The zero-order valence-electron chi connectivity index (χ0n) is 15.8. The molecule has 0 radical (unpaired) electrons. The van der Waals surface area contributed by atoms with Crippen LogP contribution in [0.15, 0.2) is 24.7 Å². The van der Waals surface area contributed by atoms with Gasteiger partial charge in [-0.15, -0.1) is 0 Å². The van der Waals surface area contributed by atoms with Crippen LogP contribution in [-0.4, -0.2) is 30.9 Å². The van der Waals surface area contributed by atoms with Crippen molar-refractivity contribution < 1.29 is 23.4 Å². The van der Waals surface area contributed by atoms with Crippen molar-refractivity contribution in [1.82, 2.24) is 14.5 Å². The number of hydrogen-bond donors (Lipinski definition) is 2. The van der Waals surface area contributed by atoms with Crippen molar-refractivity contribution in [2.24, 2.45) is 18.9 Å². The molecule has 2 aromatic heterocycles. The molecule has 5 nitrogen and oxygen atoms in total. The molecule has 0 amide bonds. The highest BCUT2D eigenvalue weighted by Crippen LogP contribution is 2.56. The molecule has 0 aliphatic heterocycles. The highest BCUT2D eigenvalue weighted by atomic mass is 19.4. The summed E-state index contributed by atoms with van der Waals surface area (Å²) in [6, 6.07) is 2.61. The molecule has 2 aliphatic rings. The quantitative estimate of drug-likeness (QED) is 0.834. The molecule has 0 saturated heterocycles. The van der Waals surface area contributed by atoms with Gasteiger partial charge < -0.3 is 14.8 Å². The van der Waals surface area contributed by atoms with Crippen LogP contribution < -0.4 is 0 Å². The first-order valence-corrected chi connectivity index (χ1v) is 9.50. The highest BCUT2D eigenvalue weighted by molar-refractivity contribution is 5.25. The maximum atomic E-state index is 12.6. The van der Waals surface area contributed by atoms with Gasteiger partial charge in [-0.1, -0.05) is 6.07 Å². The second-order valence-electron chi connectivity index (χ2n) is 8.38. The van der Waals surface area contributed by atoms with E-state index >= 15 is 0 Å². The smallest absolute Gasteiger partial charge is 0.384 e. The number of aromatic nitrogens is 3. The Labute approximate surface area is 161 Å². The van der Waals surface area contributed by atoms with E-state index in [0.29, 0.717) is 36.3 Å². The second kappa shape index (κ2) is 6.56. The average molecular weight is 395 g/mol. The lowest BCUT2D eigenvalue weighted by atomic mass is 9.89. The van der Waals surface area contributed by atoms with Gasteiger partial charge in [0, 0.05) is 30.4 Å². The van der Waals surface area contributed by atoms with Crippen molar-refractivity contribution in [3.8, 4) is 0 Å². The van der Waals surface area contributed by atoms with Gasteiger partial charge in [-0.3, -0.25) is 4.98 Å². The van der Waals surface area contributed by atoms with Crippen molar-refractivity contribution >= 4 is 0 Å². The summed E-state index contributed by atoms with van der Waals surface area (Å²) in [7, 11) is 1.98. The Morgan fingerprint density at radius 2 is 1.82 bits per heavy atom. The number of alkyl halides is 3. The number of imidazole rings is 1. The molecule has 4 rings (SSSR count). The summed E-state index contributed by atoms with van der Waals surface area (Å²) in [5.41, 5.74) is 1.24. The fraction of sp³-hybridized carbons (Fsp3) is 0.600. The summed E-state index contributed by atoms with van der Waals surface area (Å²) in [5, 5.41) is 20.4. The first-order chi connectivity index (χ1) is 13.1. The number of rotatable bonds is 3. The van der Waals surface area contributed by atoms with Crippen LogP contribution in [0.1, 0.15) is 60.4 Å². The predicted molar refractivity (Wildman–Crippen MR) is 95.3 cm³/mol. The number of aliphatic hydroxyl groups is 2. The molecule has 3 atom stereocenters. The Hall–Kier alpha value is -1.93. The molecular formula is C20H24F3N3O2. The van der Waals surface area contributed by atoms with Crippen molar-refractivity contribution in [3.63, 3.8) is 0 Å². The van der Waals surface area contributed by atoms with Crippen molar-refractivity contribution in [1.29, 1.82) is 0 Å². The number of aryl methyl sites for hydroxylation is 1. The maximum absolute atomic E-state index is 12.6. The van der Waals surface area contributed by atoms with Gasteiger partial charge >= 0.3 is 6.18 Å². The Morgan fingerprint density at radius 1 is 1.18 bits per heavy atom. The monoisotopic (exact) mass is 395 g/mol. The minimum Gasteiger partial charge on any atom is -0.384 e. The van der Waals surface area contributed by atoms with Crippen LogP contribution >= 0.6 is 0 Å². The molecule has 0 spiro atoms. The second-order valence-corrected chi connectivity index (χ2v) is 8.38. The fourth-order valence-corrected chi connectivity index (χ4v) is 5.04. The van der Waals surface area contributed by atoms with Crippen LogP contribution in [-0.2, 0) is 12.6 Å². The van der Waals surface area contributed by atoms with E-state index in [1.165, 1.54) is 17.8 Å². The normalized spacial score (nSPS) is 31.2. The molecule has 2 heterocycles. The van der Waals surface area contributed by atoms with Crippen LogP contribution in [0.4, 0.5) is 13.2 Å². The number of hydrogen-bond acceptors (Lipinski definition) is 4. The van der Waals surface area contributed by atoms with E-state index in [1.807, 2.05) is 17.9 Å². The minimum atomic E-state index is -4.73. The predicted octanol–water partition coefficient (Wildman–Crippen LogP) is 3.51. The summed E-state index contributed by atoms with van der Waals surface area (Å²) in [4.78, 5) is 8.60. The molecule has 2 saturated carbocycles. The van der Waals surface area contributed by atoms with E-state index < -0.39 is 17.9 Å². The summed E-state index contributed by atoms with van der Waals surface area (Å²) in [6.45, 7) is 2.06. The standard InChI is InChI=1S/C20H24F3N3O2/c1-11-17(25-10-26(11)2)13-5-14-7-19(28,8-15(14)6-13)16-4-3-12(9-24-16)18(27)20(21,22)23/h3-4,9-10,13-15,18,27-28H,5-8H2,1-2H3. The number of nitrogens with zero attached hydrogens (tertiary/aromatic N) is 3.